The van der Waals surface area contributed by atoms with E-state index in [0.29, 0.717) is 0 Å². The van der Waals surface area contributed by atoms with E-state index >= 15 is 0 Å². The first-order valence-electron chi connectivity index (χ1n) is 6.80. The van der Waals surface area contributed by atoms with Crippen molar-refractivity contribution in [2.24, 2.45) is 0 Å². The predicted molar refractivity (Wildman–Crippen MR) is 84.5 cm³/mol. The van der Waals surface area contributed by atoms with Crippen LogP contribution in [0.5, 0.6) is 0 Å². The second-order valence-electron chi connectivity index (χ2n) is 4.90. The predicted octanol–water partition coefficient (Wildman–Crippen LogP) is 3.52. The minimum Gasteiger partial charge on any atom is -0.343 e. The van der Waals surface area contributed by atoms with Crippen LogP contribution in [0.1, 0.15) is 11.1 Å². The normalized spacial score (nSPS) is 9.91. The highest BCUT2D eigenvalue weighted by atomic mass is 15.0. The molecule has 0 aliphatic heterocycles. The first kappa shape index (κ1) is 13.6. The van der Waals surface area contributed by atoms with E-state index < -0.39 is 0 Å². The monoisotopic (exact) mass is 284 g/mol. The zero-order valence-corrected chi connectivity index (χ0v) is 11.8. The maximum atomic E-state index is 8.86. The van der Waals surface area contributed by atoms with Gasteiger partial charge in [-0.05, 0) is 40.8 Å². The maximum Gasteiger partial charge on any atom is 0.130 e. The van der Waals surface area contributed by atoms with E-state index in [-0.39, 0.29) is 5.57 Å². The van der Waals surface area contributed by atoms with Gasteiger partial charge in [-0.1, -0.05) is 18.2 Å². The van der Waals surface area contributed by atoms with Crippen LogP contribution in [0.2, 0.25) is 0 Å². The molecule has 104 valence electrons. The summed E-state index contributed by atoms with van der Waals surface area (Å²) < 4.78 is 2.13. The Hall–Kier alpha value is -3.37. The second-order valence-corrected chi connectivity index (χ2v) is 4.90. The Morgan fingerprint density at radius 3 is 2.77 bits per heavy atom. The molecule has 1 aromatic carbocycles. The van der Waals surface area contributed by atoms with Crippen molar-refractivity contribution in [2.45, 2.75) is 6.54 Å². The van der Waals surface area contributed by atoms with Gasteiger partial charge in [-0.3, -0.25) is 4.98 Å². The molecule has 3 aromatic rings. The van der Waals surface area contributed by atoms with Gasteiger partial charge < -0.3 is 4.57 Å². The van der Waals surface area contributed by atoms with Gasteiger partial charge in [0.2, 0.25) is 0 Å². The lowest BCUT2D eigenvalue weighted by Crippen LogP contribution is -1.98. The lowest BCUT2D eigenvalue weighted by atomic mass is 10.1. The summed E-state index contributed by atoms with van der Waals surface area (Å²) in [5.41, 5.74) is 3.13. The molecule has 2 heterocycles. The number of nitriles is 2. The molecule has 3 rings (SSSR count). The lowest BCUT2D eigenvalue weighted by molar-refractivity contribution is 0.831. The molecule has 0 N–H and O–H groups in total. The molecule has 0 spiro atoms. The van der Waals surface area contributed by atoms with E-state index in [4.69, 9.17) is 10.5 Å². The van der Waals surface area contributed by atoms with Crippen LogP contribution in [-0.4, -0.2) is 9.55 Å². The van der Waals surface area contributed by atoms with Crippen LogP contribution in [0.4, 0.5) is 0 Å². The molecule has 0 fully saturated rings. The third-order valence-electron chi connectivity index (χ3n) is 3.43. The summed E-state index contributed by atoms with van der Waals surface area (Å²) >= 11 is 0. The minimum absolute atomic E-state index is 0.102. The van der Waals surface area contributed by atoms with Crippen LogP contribution in [-0.2, 0) is 6.54 Å². The molecule has 0 aliphatic rings. The fraction of sp³-hybridized carbons (Fsp3) is 0.0556. The Labute approximate surface area is 128 Å². The standard InChI is InChI=1S/C18H12N4/c19-10-16(11-20)8-14-3-4-17-5-7-22(18(17)9-14)13-15-2-1-6-21-12-15/h1-9,12H,13H2. The molecule has 0 unspecified atom stereocenters. The van der Waals surface area contributed by atoms with Crippen LogP contribution in [0.15, 0.2) is 60.6 Å². The van der Waals surface area contributed by atoms with Crippen molar-refractivity contribution in [3.05, 3.63) is 71.7 Å². The highest BCUT2D eigenvalue weighted by Crippen LogP contribution is 2.20. The fourth-order valence-electron chi connectivity index (χ4n) is 2.37. The van der Waals surface area contributed by atoms with Crippen molar-refractivity contribution < 1.29 is 0 Å². The van der Waals surface area contributed by atoms with Crippen LogP contribution in [0, 0.1) is 22.7 Å². The highest BCUT2D eigenvalue weighted by Gasteiger charge is 2.03. The van der Waals surface area contributed by atoms with Crippen molar-refractivity contribution in [2.75, 3.05) is 0 Å². The van der Waals surface area contributed by atoms with Gasteiger partial charge in [0.15, 0.2) is 0 Å². The number of hydrogen-bond donors (Lipinski definition) is 0. The second kappa shape index (κ2) is 5.95. The van der Waals surface area contributed by atoms with Gasteiger partial charge in [0.1, 0.15) is 17.7 Å². The molecular formula is C18H12N4. The summed E-state index contributed by atoms with van der Waals surface area (Å²) in [6, 6.07) is 15.7. The van der Waals surface area contributed by atoms with E-state index in [0.717, 1.165) is 28.6 Å². The summed E-state index contributed by atoms with van der Waals surface area (Å²) in [7, 11) is 0. The summed E-state index contributed by atoms with van der Waals surface area (Å²) in [6.07, 6.45) is 7.23. The van der Waals surface area contributed by atoms with Crippen LogP contribution >= 0.6 is 0 Å². The van der Waals surface area contributed by atoms with Crippen LogP contribution < -0.4 is 0 Å². The third-order valence-corrected chi connectivity index (χ3v) is 3.43. The fourth-order valence-corrected chi connectivity index (χ4v) is 2.37. The van der Waals surface area contributed by atoms with Crippen LogP contribution in [0.25, 0.3) is 17.0 Å². The number of nitrogens with zero attached hydrogens (tertiary/aromatic N) is 4. The van der Waals surface area contributed by atoms with Crippen molar-refractivity contribution in [3.8, 4) is 12.1 Å². The molecule has 0 atom stereocenters. The zero-order chi connectivity index (χ0) is 15.4. The van der Waals surface area contributed by atoms with Crippen molar-refractivity contribution in [3.63, 3.8) is 0 Å². The molecule has 0 saturated heterocycles. The number of aromatic nitrogens is 2. The van der Waals surface area contributed by atoms with E-state index in [2.05, 4.69) is 15.6 Å². The Balaban J connectivity index is 2.01. The average Bonchev–Trinajstić information content (AvgIpc) is 2.96. The number of rotatable bonds is 3. The summed E-state index contributed by atoms with van der Waals surface area (Å²) in [5, 5.41) is 18.8. The van der Waals surface area contributed by atoms with Gasteiger partial charge in [0.25, 0.3) is 0 Å². The Morgan fingerprint density at radius 1 is 1.18 bits per heavy atom. The molecule has 0 aliphatic carbocycles. The Kier molecular flexibility index (Phi) is 3.68. The Bertz CT molecular complexity index is 905. The number of benzene rings is 1. The van der Waals surface area contributed by atoms with Crippen molar-refractivity contribution >= 4 is 17.0 Å². The summed E-state index contributed by atoms with van der Waals surface area (Å²) in [4.78, 5) is 4.13. The SMILES string of the molecule is N#CC(C#N)=Cc1ccc2ccn(Cc3cccnc3)c2c1. The zero-order valence-electron chi connectivity index (χ0n) is 11.8. The topological polar surface area (TPSA) is 65.4 Å². The molecule has 4 heteroatoms. The molecule has 0 saturated carbocycles. The van der Waals surface area contributed by atoms with Crippen molar-refractivity contribution in [1.82, 2.24) is 9.55 Å². The molecule has 22 heavy (non-hydrogen) atoms. The molecule has 0 amide bonds. The molecular weight excluding hydrogens is 272 g/mol. The molecule has 2 aromatic heterocycles. The van der Waals surface area contributed by atoms with Gasteiger partial charge in [-0.2, -0.15) is 10.5 Å². The van der Waals surface area contributed by atoms with E-state index in [1.165, 1.54) is 0 Å². The number of pyridine rings is 1. The number of fused-ring (bicyclic) bond motifs is 1. The van der Waals surface area contributed by atoms with Gasteiger partial charge in [0.05, 0.1) is 0 Å². The van der Waals surface area contributed by atoms with Gasteiger partial charge in [0, 0.05) is 30.7 Å². The van der Waals surface area contributed by atoms with Crippen LogP contribution in [0.3, 0.4) is 0 Å². The Morgan fingerprint density at radius 2 is 2.05 bits per heavy atom. The highest BCUT2D eigenvalue weighted by molar-refractivity contribution is 5.83. The largest absolute Gasteiger partial charge is 0.343 e. The summed E-state index contributed by atoms with van der Waals surface area (Å²) in [6.45, 7) is 0.730. The van der Waals surface area contributed by atoms with Gasteiger partial charge in [-0.25, -0.2) is 0 Å². The average molecular weight is 284 g/mol. The van der Waals surface area contributed by atoms with E-state index in [9.17, 15) is 0 Å². The van der Waals surface area contributed by atoms with E-state index in [1.54, 1.807) is 12.3 Å². The molecule has 4 nitrogen and oxygen atoms in total. The number of allylic oxidation sites excluding steroid dienone is 1. The molecule has 0 radical (unpaired) electrons. The van der Waals surface area contributed by atoms with E-state index in [1.807, 2.05) is 54.9 Å². The smallest absolute Gasteiger partial charge is 0.130 e. The minimum atomic E-state index is 0.102. The first-order chi connectivity index (χ1) is 10.8. The third kappa shape index (κ3) is 2.72. The summed E-state index contributed by atoms with van der Waals surface area (Å²) in [5.74, 6) is 0. The number of hydrogen-bond acceptors (Lipinski definition) is 3. The maximum absolute atomic E-state index is 8.86. The van der Waals surface area contributed by atoms with Crippen molar-refractivity contribution in [1.29, 1.82) is 10.5 Å². The first-order valence-corrected chi connectivity index (χ1v) is 6.80. The molecule has 0 bridgehead atoms. The van der Waals surface area contributed by atoms with Gasteiger partial charge >= 0.3 is 0 Å². The van der Waals surface area contributed by atoms with Gasteiger partial charge in [-0.15, -0.1) is 0 Å². The lowest BCUT2D eigenvalue weighted by Gasteiger charge is -2.06. The quantitative estimate of drug-likeness (QED) is 0.691.